The van der Waals surface area contributed by atoms with Gasteiger partial charge in [0.15, 0.2) is 0 Å². The van der Waals surface area contributed by atoms with Crippen LogP contribution in [0.3, 0.4) is 0 Å². The number of hydrogen-bond acceptors (Lipinski definition) is 2. The first-order chi connectivity index (χ1) is 9.16. The molecule has 0 spiro atoms. The number of carboxylic acid groups (broad SMARTS) is 1. The molecular weight excluding hydrogens is 247 g/mol. The van der Waals surface area contributed by atoms with E-state index in [1.165, 1.54) is 18.2 Å². The minimum atomic E-state index is -1.02. The van der Waals surface area contributed by atoms with Crippen LogP contribution in [0, 0.1) is 5.82 Å². The smallest absolute Gasteiger partial charge is 0.339 e. The van der Waals surface area contributed by atoms with Gasteiger partial charge < -0.3 is 9.84 Å². The van der Waals surface area contributed by atoms with Crippen molar-refractivity contribution in [3.8, 4) is 5.75 Å². The Labute approximate surface area is 110 Å². The average molecular weight is 260 g/mol. The number of halogens is 1. The van der Waals surface area contributed by atoms with Crippen molar-refractivity contribution < 1.29 is 19.0 Å². The largest absolute Gasteiger partial charge is 0.492 e. The summed E-state index contributed by atoms with van der Waals surface area (Å²) in [6.45, 7) is 0.343. The van der Waals surface area contributed by atoms with Crippen LogP contribution in [0.15, 0.2) is 48.5 Å². The molecular formula is C15H13FO3. The number of benzene rings is 2. The van der Waals surface area contributed by atoms with Crippen molar-refractivity contribution in [2.45, 2.75) is 6.42 Å². The molecule has 98 valence electrons. The highest BCUT2D eigenvalue weighted by molar-refractivity contribution is 5.90. The first kappa shape index (κ1) is 13.1. The summed E-state index contributed by atoms with van der Waals surface area (Å²) in [6, 6.07) is 12.6. The topological polar surface area (TPSA) is 46.5 Å². The van der Waals surface area contributed by atoms with Gasteiger partial charge in [0.25, 0.3) is 0 Å². The lowest BCUT2D eigenvalue weighted by molar-refractivity contribution is 0.0692. The first-order valence-electron chi connectivity index (χ1n) is 5.86. The summed E-state index contributed by atoms with van der Waals surface area (Å²) < 4.78 is 18.2. The van der Waals surface area contributed by atoms with Crippen LogP contribution in [-0.4, -0.2) is 17.7 Å². The third-order valence-corrected chi connectivity index (χ3v) is 2.68. The quantitative estimate of drug-likeness (QED) is 0.898. The molecule has 0 aromatic heterocycles. The molecule has 19 heavy (non-hydrogen) atoms. The Kier molecular flexibility index (Phi) is 4.13. The summed E-state index contributed by atoms with van der Waals surface area (Å²) in [5.74, 6) is -0.949. The SMILES string of the molecule is O=C(O)c1ccccc1OCCc1ccc(F)cc1. The zero-order chi connectivity index (χ0) is 13.7. The fourth-order valence-corrected chi connectivity index (χ4v) is 1.70. The molecule has 2 aromatic carbocycles. The second kappa shape index (κ2) is 6.00. The third-order valence-electron chi connectivity index (χ3n) is 2.68. The summed E-state index contributed by atoms with van der Waals surface area (Å²) in [4.78, 5) is 11.0. The maximum Gasteiger partial charge on any atom is 0.339 e. The molecule has 0 aliphatic heterocycles. The molecule has 2 rings (SSSR count). The minimum Gasteiger partial charge on any atom is -0.492 e. The second-order valence-corrected chi connectivity index (χ2v) is 4.03. The molecule has 0 atom stereocenters. The lowest BCUT2D eigenvalue weighted by Crippen LogP contribution is -2.06. The molecule has 0 saturated heterocycles. The molecule has 0 amide bonds. The van der Waals surface area contributed by atoms with Crippen molar-refractivity contribution in [3.63, 3.8) is 0 Å². The van der Waals surface area contributed by atoms with Crippen LogP contribution in [0.1, 0.15) is 15.9 Å². The van der Waals surface area contributed by atoms with E-state index in [1.807, 2.05) is 0 Å². The Balaban J connectivity index is 1.96. The van der Waals surface area contributed by atoms with E-state index in [0.29, 0.717) is 18.8 Å². The van der Waals surface area contributed by atoms with Crippen LogP contribution in [0.2, 0.25) is 0 Å². The van der Waals surface area contributed by atoms with Gasteiger partial charge in [-0.05, 0) is 29.8 Å². The van der Waals surface area contributed by atoms with Gasteiger partial charge in [-0.15, -0.1) is 0 Å². The molecule has 4 heteroatoms. The van der Waals surface area contributed by atoms with Gasteiger partial charge in [-0.1, -0.05) is 24.3 Å². The Morgan fingerprint density at radius 1 is 1.11 bits per heavy atom. The third kappa shape index (κ3) is 3.55. The van der Waals surface area contributed by atoms with Gasteiger partial charge in [0.05, 0.1) is 6.61 Å². The van der Waals surface area contributed by atoms with Gasteiger partial charge in [0.1, 0.15) is 17.1 Å². The summed E-state index contributed by atoms with van der Waals surface area (Å²) in [6.07, 6.45) is 0.592. The van der Waals surface area contributed by atoms with Crippen molar-refractivity contribution >= 4 is 5.97 Å². The molecule has 0 aliphatic carbocycles. The minimum absolute atomic E-state index is 0.140. The standard InChI is InChI=1S/C15H13FO3/c16-12-7-5-11(6-8-12)9-10-19-14-4-2-1-3-13(14)15(17)18/h1-8H,9-10H2,(H,17,18). The molecule has 3 nitrogen and oxygen atoms in total. The highest BCUT2D eigenvalue weighted by atomic mass is 19.1. The molecule has 0 heterocycles. The molecule has 0 aliphatic rings. The predicted octanol–water partition coefficient (Wildman–Crippen LogP) is 3.15. The summed E-state index contributed by atoms with van der Waals surface area (Å²) >= 11 is 0. The monoisotopic (exact) mass is 260 g/mol. The van der Waals surface area contributed by atoms with E-state index in [1.54, 1.807) is 30.3 Å². The molecule has 0 radical (unpaired) electrons. The van der Waals surface area contributed by atoms with Crippen molar-refractivity contribution in [2.75, 3.05) is 6.61 Å². The van der Waals surface area contributed by atoms with Gasteiger partial charge in [0.2, 0.25) is 0 Å². The molecule has 0 saturated carbocycles. The van der Waals surface area contributed by atoms with Gasteiger partial charge in [0, 0.05) is 6.42 Å². The van der Waals surface area contributed by atoms with Crippen LogP contribution in [0.25, 0.3) is 0 Å². The maximum atomic E-state index is 12.7. The molecule has 0 unspecified atom stereocenters. The van der Waals surface area contributed by atoms with Crippen molar-refractivity contribution in [1.82, 2.24) is 0 Å². The van der Waals surface area contributed by atoms with Crippen molar-refractivity contribution in [2.24, 2.45) is 0 Å². The fraction of sp³-hybridized carbons (Fsp3) is 0.133. The van der Waals surface area contributed by atoms with Gasteiger partial charge >= 0.3 is 5.97 Å². The van der Waals surface area contributed by atoms with E-state index in [0.717, 1.165) is 5.56 Å². The average Bonchev–Trinajstić information content (AvgIpc) is 2.41. The normalized spacial score (nSPS) is 10.2. The first-order valence-corrected chi connectivity index (χ1v) is 5.86. The number of carboxylic acids is 1. The highest BCUT2D eigenvalue weighted by Gasteiger charge is 2.09. The van der Waals surface area contributed by atoms with Crippen LogP contribution < -0.4 is 4.74 Å². The van der Waals surface area contributed by atoms with E-state index in [2.05, 4.69) is 0 Å². The number of hydrogen-bond donors (Lipinski definition) is 1. The van der Waals surface area contributed by atoms with E-state index < -0.39 is 5.97 Å². The van der Waals surface area contributed by atoms with Crippen molar-refractivity contribution in [3.05, 3.63) is 65.5 Å². The Bertz CT molecular complexity index is 564. The second-order valence-electron chi connectivity index (χ2n) is 4.03. The van der Waals surface area contributed by atoms with Crippen LogP contribution in [-0.2, 0) is 6.42 Å². The lowest BCUT2D eigenvalue weighted by Gasteiger charge is -2.08. The Morgan fingerprint density at radius 2 is 1.79 bits per heavy atom. The molecule has 0 bridgehead atoms. The number of aromatic carboxylic acids is 1. The Morgan fingerprint density at radius 3 is 2.47 bits per heavy atom. The predicted molar refractivity (Wildman–Crippen MR) is 69.0 cm³/mol. The number of carbonyl (C=O) groups is 1. The fourth-order valence-electron chi connectivity index (χ4n) is 1.70. The number of rotatable bonds is 5. The Hall–Kier alpha value is -2.36. The van der Waals surface area contributed by atoms with Crippen LogP contribution >= 0.6 is 0 Å². The summed E-state index contributed by atoms with van der Waals surface area (Å²) in [5, 5.41) is 8.99. The maximum absolute atomic E-state index is 12.7. The number of ether oxygens (including phenoxy) is 1. The molecule has 1 N–H and O–H groups in total. The summed E-state index contributed by atoms with van der Waals surface area (Å²) in [7, 11) is 0. The van der Waals surface area contributed by atoms with E-state index in [9.17, 15) is 9.18 Å². The number of para-hydroxylation sites is 1. The van der Waals surface area contributed by atoms with E-state index in [4.69, 9.17) is 9.84 Å². The van der Waals surface area contributed by atoms with Crippen LogP contribution in [0.5, 0.6) is 5.75 Å². The van der Waals surface area contributed by atoms with E-state index in [-0.39, 0.29) is 11.4 Å². The molecule has 0 fully saturated rings. The van der Waals surface area contributed by atoms with Crippen molar-refractivity contribution in [1.29, 1.82) is 0 Å². The lowest BCUT2D eigenvalue weighted by atomic mass is 10.1. The highest BCUT2D eigenvalue weighted by Crippen LogP contribution is 2.18. The van der Waals surface area contributed by atoms with Gasteiger partial charge in [-0.2, -0.15) is 0 Å². The zero-order valence-corrected chi connectivity index (χ0v) is 10.2. The van der Waals surface area contributed by atoms with Gasteiger partial charge in [-0.3, -0.25) is 0 Å². The van der Waals surface area contributed by atoms with Crippen LogP contribution in [0.4, 0.5) is 4.39 Å². The van der Waals surface area contributed by atoms with E-state index >= 15 is 0 Å². The zero-order valence-electron chi connectivity index (χ0n) is 10.2. The van der Waals surface area contributed by atoms with Gasteiger partial charge in [-0.25, -0.2) is 9.18 Å². The summed E-state index contributed by atoms with van der Waals surface area (Å²) in [5.41, 5.74) is 1.08. The molecule has 2 aromatic rings.